The van der Waals surface area contributed by atoms with Crippen molar-refractivity contribution in [2.24, 2.45) is 0 Å². The van der Waals surface area contributed by atoms with E-state index in [2.05, 4.69) is 4.98 Å². The van der Waals surface area contributed by atoms with E-state index in [0.29, 0.717) is 17.0 Å². The summed E-state index contributed by atoms with van der Waals surface area (Å²) in [5.41, 5.74) is 1.21. The Labute approximate surface area is 102 Å². The number of oxazole rings is 1. The van der Waals surface area contributed by atoms with Gasteiger partial charge in [0.2, 0.25) is 5.89 Å². The Kier molecular flexibility index (Phi) is 2.55. The first-order chi connectivity index (χ1) is 8.25. The first-order valence-corrected chi connectivity index (χ1v) is 6.55. The van der Waals surface area contributed by atoms with Gasteiger partial charge in [-0.2, -0.15) is 0 Å². The van der Waals surface area contributed by atoms with Crippen molar-refractivity contribution >= 4 is 28.8 Å². The van der Waals surface area contributed by atoms with Gasteiger partial charge < -0.3 is 9.52 Å². The molecule has 1 atom stereocenters. The van der Waals surface area contributed by atoms with E-state index in [9.17, 15) is 4.79 Å². The van der Waals surface area contributed by atoms with Crippen molar-refractivity contribution in [3.8, 4) is 0 Å². The Morgan fingerprint density at radius 1 is 1.53 bits per heavy atom. The molecule has 4 nitrogen and oxygen atoms in total. The molecule has 0 aliphatic carbocycles. The highest BCUT2D eigenvalue weighted by molar-refractivity contribution is 7.99. The molecule has 1 saturated heterocycles. The fourth-order valence-corrected chi connectivity index (χ4v) is 3.24. The monoisotopic (exact) mass is 249 g/mol. The summed E-state index contributed by atoms with van der Waals surface area (Å²) in [6.45, 7) is 0. The molecule has 17 heavy (non-hydrogen) atoms. The van der Waals surface area contributed by atoms with E-state index in [4.69, 9.17) is 9.52 Å². The van der Waals surface area contributed by atoms with E-state index in [-0.39, 0.29) is 10.8 Å². The van der Waals surface area contributed by atoms with E-state index in [1.165, 1.54) is 6.42 Å². The second-order valence-corrected chi connectivity index (χ2v) is 5.32. The fourth-order valence-electron chi connectivity index (χ4n) is 2.04. The zero-order valence-corrected chi connectivity index (χ0v) is 9.87. The summed E-state index contributed by atoms with van der Waals surface area (Å²) >= 11 is 1.82. The zero-order valence-electron chi connectivity index (χ0n) is 9.05. The first kappa shape index (κ1) is 10.7. The zero-order chi connectivity index (χ0) is 11.8. The maximum absolute atomic E-state index is 11.1. The summed E-state index contributed by atoms with van der Waals surface area (Å²) in [5.74, 6) is 0.809. The van der Waals surface area contributed by atoms with Gasteiger partial charge in [-0.15, -0.1) is 11.8 Å². The summed E-state index contributed by atoms with van der Waals surface area (Å²) < 4.78 is 5.63. The predicted octanol–water partition coefficient (Wildman–Crippen LogP) is 3.09. The van der Waals surface area contributed by atoms with E-state index >= 15 is 0 Å². The topological polar surface area (TPSA) is 63.3 Å². The minimum Gasteiger partial charge on any atom is -0.478 e. The largest absolute Gasteiger partial charge is 0.478 e. The average Bonchev–Trinajstić information content (AvgIpc) is 2.96. The first-order valence-electron chi connectivity index (χ1n) is 5.50. The molecule has 2 aromatic rings. The molecule has 1 aromatic heterocycles. The molecule has 0 saturated carbocycles. The van der Waals surface area contributed by atoms with Gasteiger partial charge in [-0.3, -0.25) is 0 Å². The highest BCUT2D eigenvalue weighted by Gasteiger charge is 2.24. The van der Waals surface area contributed by atoms with Gasteiger partial charge >= 0.3 is 5.97 Å². The molecule has 1 aliphatic heterocycles. The molecule has 1 aromatic carbocycles. The Morgan fingerprint density at radius 2 is 2.41 bits per heavy atom. The normalized spacial score (nSPS) is 19.9. The minimum absolute atomic E-state index is 0.184. The molecular weight excluding hydrogens is 238 g/mol. The number of carbonyl (C=O) groups is 1. The highest BCUT2D eigenvalue weighted by Crippen LogP contribution is 2.40. The number of para-hydroxylation sites is 1. The molecule has 2 heterocycles. The van der Waals surface area contributed by atoms with Gasteiger partial charge in [-0.1, -0.05) is 6.07 Å². The van der Waals surface area contributed by atoms with Gasteiger partial charge in [0.05, 0.1) is 5.25 Å². The number of rotatable bonds is 2. The van der Waals surface area contributed by atoms with Crippen molar-refractivity contribution in [3.63, 3.8) is 0 Å². The lowest BCUT2D eigenvalue weighted by Gasteiger charge is -2.00. The number of thioether (sulfide) groups is 1. The van der Waals surface area contributed by atoms with Crippen LogP contribution in [0.4, 0.5) is 0 Å². The fraction of sp³-hybridized carbons (Fsp3) is 0.333. The maximum atomic E-state index is 11.1. The molecule has 1 N–H and O–H groups in total. The van der Waals surface area contributed by atoms with Crippen LogP contribution < -0.4 is 0 Å². The summed E-state index contributed by atoms with van der Waals surface area (Å²) in [6.07, 6.45) is 2.22. The number of aromatic nitrogens is 1. The molecular formula is C12H11NO3S. The van der Waals surface area contributed by atoms with Crippen LogP contribution >= 0.6 is 11.8 Å². The third kappa shape index (κ3) is 1.80. The number of aromatic carboxylic acids is 1. The quantitative estimate of drug-likeness (QED) is 0.886. The van der Waals surface area contributed by atoms with E-state index in [1.807, 2.05) is 11.8 Å². The Balaban J connectivity index is 2.11. The van der Waals surface area contributed by atoms with Gasteiger partial charge in [0.1, 0.15) is 11.1 Å². The molecule has 88 valence electrons. The van der Waals surface area contributed by atoms with Crippen LogP contribution in [0.3, 0.4) is 0 Å². The van der Waals surface area contributed by atoms with Crippen LogP contribution in [0.25, 0.3) is 11.1 Å². The lowest BCUT2D eigenvalue weighted by atomic mass is 10.2. The van der Waals surface area contributed by atoms with Gasteiger partial charge in [-0.25, -0.2) is 9.78 Å². The number of nitrogens with zero attached hydrogens (tertiary/aromatic N) is 1. The van der Waals surface area contributed by atoms with Crippen molar-refractivity contribution in [1.82, 2.24) is 4.98 Å². The molecule has 5 heteroatoms. The van der Waals surface area contributed by atoms with Crippen molar-refractivity contribution in [3.05, 3.63) is 29.7 Å². The molecule has 1 aliphatic rings. The third-order valence-corrected chi connectivity index (χ3v) is 4.23. The third-order valence-electron chi connectivity index (χ3n) is 2.87. The molecule has 0 radical (unpaired) electrons. The van der Waals surface area contributed by atoms with Crippen LogP contribution in [0.15, 0.2) is 22.6 Å². The van der Waals surface area contributed by atoms with Gasteiger partial charge in [0.25, 0.3) is 0 Å². The molecule has 1 fully saturated rings. The van der Waals surface area contributed by atoms with Crippen LogP contribution in [0.1, 0.15) is 34.3 Å². The molecule has 0 bridgehead atoms. The minimum atomic E-state index is -0.975. The van der Waals surface area contributed by atoms with Crippen molar-refractivity contribution < 1.29 is 14.3 Å². The lowest BCUT2D eigenvalue weighted by molar-refractivity contribution is 0.0698. The Morgan fingerprint density at radius 3 is 3.12 bits per heavy atom. The molecule has 0 amide bonds. The van der Waals surface area contributed by atoms with Gasteiger partial charge in [-0.05, 0) is 30.7 Å². The second kappa shape index (κ2) is 4.07. The van der Waals surface area contributed by atoms with Crippen LogP contribution in [0.2, 0.25) is 0 Å². The van der Waals surface area contributed by atoms with Crippen LogP contribution in [-0.4, -0.2) is 21.8 Å². The van der Waals surface area contributed by atoms with Crippen molar-refractivity contribution in [1.29, 1.82) is 0 Å². The number of fused-ring (bicyclic) bond motifs is 1. The SMILES string of the molecule is O=C(O)c1cccc2nc(C3CCCS3)oc12. The van der Waals surface area contributed by atoms with Crippen LogP contribution in [0, 0.1) is 0 Å². The number of hydrogen-bond acceptors (Lipinski definition) is 4. The van der Waals surface area contributed by atoms with Crippen molar-refractivity contribution in [2.45, 2.75) is 18.1 Å². The number of hydrogen-bond donors (Lipinski definition) is 1. The number of carboxylic acid groups (broad SMARTS) is 1. The summed E-state index contributed by atoms with van der Waals surface area (Å²) in [5, 5.41) is 9.35. The highest BCUT2D eigenvalue weighted by atomic mass is 32.2. The van der Waals surface area contributed by atoms with Crippen LogP contribution in [0.5, 0.6) is 0 Å². The molecule has 0 spiro atoms. The van der Waals surface area contributed by atoms with Gasteiger partial charge in [0.15, 0.2) is 5.58 Å². The van der Waals surface area contributed by atoms with Gasteiger partial charge in [0, 0.05) is 0 Å². The Bertz CT molecular complexity index is 572. The van der Waals surface area contributed by atoms with Crippen LogP contribution in [-0.2, 0) is 0 Å². The lowest BCUT2D eigenvalue weighted by Crippen LogP contribution is -1.95. The average molecular weight is 249 g/mol. The summed E-state index contributed by atoms with van der Waals surface area (Å²) in [7, 11) is 0. The molecule has 3 rings (SSSR count). The number of carboxylic acids is 1. The van der Waals surface area contributed by atoms with E-state index in [1.54, 1.807) is 18.2 Å². The second-order valence-electron chi connectivity index (χ2n) is 4.01. The number of benzene rings is 1. The predicted molar refractivity (Wildman–Crippen MR) is 65.4 cm³/mol. The Hall–Kier alpha value is -1.49. The molecule has 1 unspecified atom stereocenters. The smallest absolute Gasteiger partial charge is 0.339 e. The van der Waals surface area contributed by atoms with Crippen molar-refractivity contribution in [2.75, 3.05) is 5.75 Å². The summed E-state index contributed by atoms with van der Waals surface area (Å²) in [6, 6.07) is 5.02. The van der Waals surface area contributed by atoms with E-state index in [0.717, 1.165) is 12.2 Å². The maximum Gasteiger partial charge on any atom is 0.339 e. The van der Waals surface area contributed by atoms with E-state index < -0.39 is 5.97 Å². The summed E-state index contributed by atoms with van der Waals surface area (Å²) in [4.78, 5) is 15.4. The standard InChI is InChI=1S/C12H11NO3S/c14-12(15)7-3-1-4-8-10(7)16-11(13-8)9-5-2-6-17-9/h1,3-4,9H,2,5-6H2,(H,14,15).